The van der Waals surface area contributed by atoms with E-state index in [2.05, 4.69) is 17.1 Å². The first-order valence-electron chi connectivity index (χ1n) is 4.06. The van der Waals surface area contributed by atoms with Crippen molar-refractivity contribution < 1.29 is 9.26 Å². The van der Waals surface area contributed by atoms with E-state index < -0.39 is 0 Å². The van der Waals surface area contributed by atoms with Crippen LogP contribution in [0.1, 0.15) is 18.7 Å². The molecule has 12 heavy (non-hydrogen) atoms. The second kappa shape index (κ2) is 5.71. The molecule has 0 aliphatic carbocycles. The summed E-state index contributed by atoms with van der Waals surface area (Å²) in [5.74, 6) is 0.674. The van der Waals surface area contributed by atoms with Gasteiger partial charge in [-0.3, -0.25) is 0 Å². The number of hydrogen-bond donors (Lipinski definition) is 0. The molecule has 0 amide bonds. The Balaban J connectivity index is 1.96. The van der Waals surface area contributed by atoms with Gasteiger partial charge in [-0.15, -0.1) is 0 Å². The summed E-state index contributed by atoms with van der Waals surface area (Å²) in [6.45, 7) is 5.13. The van der Waals surface area contributed by atoms with E-state index in [1.165, 1.54) is 6.33 Å². The van der Waals surface area contributed by atoms with Crippen LogP contribution in [0.4, 0.5) is 0 Å². The van der Waals surface area contributed by atoms with Crippen LogP contribution < -0.4 is 0 Å². The summed E-state index contributed by atoms with van der Waals surface area (Å²) in [7, 11) is 0. The third-order valence-electron chi connectivity index (χ3n) is 1.37. The van der Waals surface area contributed by atoms with E-state index in [0.29, 0.717) is 5.89 Å². The molecule has 0 aromatic carbocycles. The Hall–Kier alpha value is -0.900. The highest BCUT2D eigenvalue weighted by molar-refractivity contribution is 4.73. The van der Waals surface area contributed by atoms with Crippen LogP contribution in [0.15, 0.2) is 10.9 Å². The average molecular weight is 169 g/mol. The Morgan fingerprint density at radius 1 is 1.50 bits per heavy atom. The van der Waals surface area contributed by atoms with Gasteiger partial charge in [0.25, 0.3) is 0 Å². The molecule has 1 rings (SSSR count). The van der Waals surface area contributed by atoms with Crippen molar-refractivity contribution in [3.8, 4) is 0 Å². The predicted molar refractivity (Wildman–Crippen MR) is 43.4 cm³/mol. The number of rotatable bonds is 6. The van der Waals surface area contributed by atoms with E-state index in [4.69, 9.17) is 9.26 Å². The monoisotopic (exact) mass is 169 g/mol. The lowest BCUT2D eigenvalue weighted by Gasteiger charge is -1.98. The molecule has 1 radical (unpaired) electrons. The fourth-order valence-corrected chi connectivity index (χ4v) is 0.836. The first-order chi connectivity index (χ1) is 5.93. The number of ether oxygens (including phenoxy) is 1. The summed E-state index contributed by atoms with van der Waals surface area (Å²) >= 11 is 0. The van der Waals surface area contributed by atoms with Crippen molar-refractivity contribution in [1.29, 1.82) is 0 Å². The van der Waals surface area contributed by atoms with Crippen molar-refractivity contribution >= 4 is 0 Å². The van der Waals surface area contributed by atoms with E-state index in [-0.39, 0.29) is 0 Å². The zero-order valence-corrected chi connectivity index (χ0v) is 7.03. The lowest BCUT2D eigenvalue weighted by molar-refractivity contribution is 0.134. The lowest BCUT2D eigenvalue weighted by atomic mass is 10.3. The highest BCUT2D eigenvalue weighted by atomic mass is 16.5. The highest BCUT2D eigenvalue weighted by Crippen LogP contribution is 1.96. The van der Waals surface area contributed by atoms with E-state index in [0.717, 1.165) is 32.5 Å². The quantitative estimate of drug-likeness (QED) is 0.601. The van der Waals surface area contributed by atoms with Gasteiger partial charge in [-0.25, -0.2) is 0 Å². The Bertz CT molecular complexity index is 187. The van der Waals surface area contributed by atoms with Crippen LogP contribution in [-0.2, 0) is 11.2 Å². The van der Waals surface area contributed by atoms with E-state index in [1.807, 2.05) is 0 Å². The minimum Gasteiger partial charge on any atom is -0.381 e. The molecular weight excluding hydrogens is 156 g/mol. The van der Waals surface area contributed by atoms with E-state index in [9.17, 15) is 0 Å². The Morgan fingerprint density at radius 3 is 3.08 bits per heavy atom. The summed E-state index contributed by atoms with van der Waals surface area (Å²) in [6.07, 6.45) is 3.94. The van der Waals surface area contributed by atoms with Gasteiger partial charge < -0.3 is 9.26 Å². The topological polar surface area (TPSA) is 48.2 Å². The maximum Gasteiger partial charge on any atom is 0.226 e. The Kier molecular flexibility index (Phi) is 4.37. The third kappa shape index (κ3) is 3.48. The maximum atomic E-state index is 5.23. The van der Waals surface area contributed by atoms with Crippen molar-refractivity contribution in [2.24, 2.45) is 0 Å². The standard InChI is InChI=1S/C8H13N2O2/c1-2-5-11-6-3-4-8-9-7-10-12-8/h7H,1-6H2. The Morgan fingerprint density at radius 2 is 2.42 bits per heavy atom. The zero-order valence-electron chi connectivity index (χ0n) is 7.03. The fourth-order valence-electron chi connectivity index (χ4n) is 0.836. The molecule has 0 saturated carbocycles. The van der Waals surface area contributed by atoms with Crippen LogP contribution in [0.5, 0.6) is 0 Å². The van der Waals surface area contributed by atoms with Gasteiger partial charge in [0.2, 0.25) is 5.89 Å². The number of hydrogen-bond acceptors (Lipinski definition) is 4. The largest absolute Gasteiger partial charge is 0.381 e. The highest BCUT2D eigenvalue weighted by Gasteiger charge is 1.97. The summed E-state index contributed by atoms with van der Waals surface area (Å²) in [5.41, 5.74) is 0. The summed E-state index contributed by atoms with van der Waals surface area (Å²) in [6, 6.07) is 0. The van der Waals surface area contributed by atoms with Crippen molar-refractivity contribution in [3.63, 3.8) is 0 Å². The summed E-state index contributed by atoms with van der Waals surface area (Å²) in [5, 5.41) is 3.50. The van der Waals surface area contributed by atoms with Crippen LogP contribution in [0.3, 0.4) is 0 Å². The molecular formula is C8H13N2O2. The maximum absolute atomic E-state index is 5.23. The SMILES string of the molecule is [CH2]CCOCCCc1ncno1. The molecule has 0 fully saturated rings. The van der Waals surface area contributed by atoms with Crippen LogP contribution in [0, 0.1) is 6.92 Å². The third-order valence-corrected chi connectivity index (χ3v) is 1.37. The molecule has 0 bridgehead atoms. The summed E-state index contributed by atoms with van der Waals surface area (Å²) < 4.78 is 10.0. The lowest BCUT2D eigenvalue weighted by Crippen LogP contribution is -1.97. The molecule has 0 spiro atoms. The first kappa shape index (κ1) is 9.19. The molecule has 0 saturated heterocycles. The Labute approximate surface area is 71.9 Å². The molecule has 0 N–H and O–H groups in total. The van der Waals surface area contributed by atoms with Crippen LogP contribution >= 0.6 is 0 Å². The molecule has 1 aromatic heterocycles. The summed E-state index contributed by atoms with van der Waals surface area (Å²) in [4.78, 5) is 3.89. The van der Waals surface area contributed by atoms with Gasteiger partial charge in [0.05, 0.1) is 0 Å². The van der Waals surface area contributed by atoms with Crippen molar-refractivity contribution in [3.05, 3.63) is 19.1 Å². The second-order valence-corrected chi connectivity index (χ2v) is 2.40. The van der Waals surface area contributed by atoms with E-state index in [1.54, 1.807) is 0 Å². The minimum absolute atomic E-state index is 0.674. The van der Waals surface area contributed by atoms with Gasteiger partial charge in [0.1, 0.15) is 0 Å². The predicted octanol–water partition coefficient (Wildman–Crippen LogP) is 1.24. The van der Waals surface area contributed by atoms with Gasteiger partial charge in [0, 0.05) is 19.6 Å². The zero-order chi connectivity index (χ0) is 8.65. The van der Waals surface area contributed by atoms with Crippen LogP contribution in [0.25, 0.3) is 0 Å². The smallest absolute Gasteiger partial charge is 0.226 e. The molecule has 0 aliphatic heterocycles. The number of aromatic nitrogens is 2. The van der Waals surface area contributed by atoms with E-state index >= 15 is 0 Å². The molecule has 4 heteroatoms. The van der Waals surface area contributed by atoms with Crippen LogP contribution in [-0.4, -0.2) is 23.4 Å². The molecule has 0 aliphatic rings. The molecule has 1 aromatic rings. The minimum atomic E-state index is 0.674. The number of aryl methyl sites for hydroxylation is 1. The molecule has 67 valence electrons. The number of nitrogens with zero attached hydrogens (tertiary/aromatic N) is 2. The molecule has 0 atom stereocenters. The second-order valence-electron chi connectivity index (χ2n) is 2.40. The van der Waals surface area contributed by atoms with Gasteiger partial charge in [-0.2, -0.15) is 4.98 Å². The van der Waals surface area contributed by atoms with Crippen molar-refractivity contribution in [2.45, 2.75) is 19.3 Å². The molecule has 1 heterocycles. The first-order valence-corrected chi connectivity index (χ1v) is 4.06. The fraction of sp³-hybridized carbons (Fsp3) is 0.625. The van der Waals surface area contributed by atoms with Crippen molar-refractivity contribution in [2.75, 3.05) is 13.2 Å². The van der Waals surface area contributed by atoms with Gasteiger partial charge in [-0.1, -0.05) is 12.1 Å². The molecule has 4 nitrogen and oxygen atoms in total. The van der Waals surface area contributed by atoms with Gasteiger partial charge in [0.15, 0.2) is 6.33 Å². The molecule has 0 unspecified atom stereocenters. The van der Waals surface area contributed by atoms with Gasteiger partial charge >= 0.3 is 0 Å². The van der Waals surface area contributed by atoms with Gasteiger partial charge in [-0.05, 0) is 12.8 Å². The van der Waals surface area contributed by atoms with Crippen LogP contribution in [0.2, 0.25) is 0 Å². The van der Waals surface area contributed by atoms with Crippen molar-refractivity contribution in [1.82, 2.24) is 10.1 Å². The average Bonchev–Trinajstić information content (AvgIpc) is 2.57. The normalized spacial score (nSPS) is 10.4.